The zero-order valence-electron chi connectivity index (χ0n) is 10.9. The molecule has 1 aliphatic rings. The third-order valence-electron chi connectivity index (χ3n) is 2.95. The summed E-state index contributed by atoms with van der Waals surface area (Å²) in [5.74, 6) is -0.926. The van der Waals surface area contributed by atoms with Crippen molar-refractivity contribution in [1.82, 2.24) is 5.32 Å². The summed E-state index contributed by atoms with van der Waals surface area (Å²) in [7, 11) is 1.25. The van der Waals surface area contributed by atoms with Crippen LogP contribution in [0.1, 0.15) is 32.1 Å². The van der Waals surface area contributed by atoms with Crippen LogP contribution in [0.4, 0.5) is 0 Å². The molecule has 0 spiro atoms. The molecule has 0 aromatic carbocycles. The lowest BCUT2D eigenvalue weighted by molar-refractivity contribution is -0.144. The van der Waals surface area contributed by atoms with Crippen molar-refractivity contribution in [3.8, 4) is 0 Å². The van der Waals surface area contributed by atoms with Gasteiger partial charge in [0.15, 0.2) is 0 Å². The number of rotatable bonds is 6. The molecular formula is C12H19NO5S. The molecule has 2 atom stereocenters. The molecule has 0 aromatic rings. The van der Waals surface area contributed by atoms with Crippen molar-refractivity contribution in [2.24, 2.45) is 0 Å². The van der Waals surface area contributed by atoms with Crippen LogP contribution < -0.4 is 5.32 Å². The lowest BCUT2D eigenvalue weighted by Gasteiger charge is -2.22. The lowest BCUT2D eigenvalue weighted by Crippen LogP contribution is -2.45. The third kappa shape index (κ3) is 5.50. The molecule has 0 saturated carbocycles. The zero-order valence-corrected chi connectivity index (χ0v) is 11.7. The third-order valence-corrected chi connectivity index (χ3v) is 4.33. The monoisotopic (exact) mass is 289 g/mol. The molecule has 1 aliphatic heterocycles. The van der Waals surface area contributed by atoms with Crippen LogP contribution in [0.5, 0.6) is 0 Å². The van der Waals surface area contributed by atoms with E-state index >= 15 is 0 Å². The molecule has 1 amide bonds. The first-order valence-electron chi connectivity index (χ1n) is 6.26. The van der Waals surface area contributed by atoms with Crippen molar-refractivity contribution in [1.29, 1.82) is 0 Å². The summed E-state index contributed by atoms with van der Waals surface area (Å²) in [6.07, 6.45) is 2.89. The molecule has 2 N–H and O–H groups in total. The Morgan fingerprint density at radius 3 is 2.68 bits per heavy atom. The molecular weight excluding hydrogens is 270 g/mol. The van der Waals surface area contributed by atoms with E-state index in [1.807, 2.05) is 0 Å². The molecule has 19 heavy (non-hydrogen) atoms. The number of hydrogen-bond acceptors (Lipinski definition) is 5. The van der Waals surface area contributed by atoms with E-state index < -0.39 is 18.0 Å². The number of hydrogen-bond donors (Lipinski definition) is 2. The Hall–Kier alpha value is -1.24. The highest BCUT2D eigenvalue weighted by Crippen LogP contribution is 2.25. The lowest BCUT2D eigenvalue weighted by atomic mass is 10.1. The number of amides is 1. The first kappa shape index (κ1) is 15.8. The van der Waals surface area contributed by atoms with Crippen molar-refractivity contribution in [3.05, 3.63) is 0 Å². The summed E-state index contributed by atoms with van der Waals surface area (Å²) >= 11 is 1.56. The molecule has 1 rings (SSSR count). The molecule has 6 nitrogen and oxygen atoms in total. The second-order valence-electron chi connectivity index (χ2n) is 4.37. The number of methoxy groups -OCH3 is 1. The van der Waals surface area contributed by atoms with Crippen molar-refractivity contribution in [2.45, 2.75) is 43.4 Å². The van der Waals surface area contributed by atoms with Crippen LogP contribution in [0.3, 0.4) is 0 Å². The Morgan fingerprint density at radius 1 is 1.42 bits per heavy atom. The Labute approximate surface area is 116 Å². The second kappa shape index (κ2) is 8.04. The maximum Gasteiger partial charge on any atom is 0.326 e. The number of carbonyl (C=O) groups excluding carboxylic acids is 2. The van der Waals surface area contributed by atoms with E-state index in [4.69, 9.17) is 5.11 Å². The van der Waals surface area contributed by atoms with Crippen LogP contribution in [0.25, 0.3) is 0 Å². The van der Waals surface area contributed by atoms with E-state index in [9.17, 15) is 14.4 Å². The van der Waals surface area contributed by atoms with Gasteiger partial charge in [-0.15, -0.1) is 11.8 Å². The van der Waals surface area contributed by atoms with Crippen molar-refractivity contribution in [3.63, 3.8) is 0 Å². The Bertz CT molecular complexity index is 341. The van der Waals surface area contributed by atoms with Gasteiger partial charge in [-0.1, -0.05) is 6.42 Å². The van der Waals surface area contributed by atoms with Gasteiger partial charge < -0.3 is 15.2 Å². The maximum absolute atomic E-state index is 11.9. The number of carboxylic acids is 1. The molecule has 1 unspecified atom stereocenters. The molecule has 1 saturated heterocycles. The van der Waals surface area contributed by atoms with Gasteiger partial charge in [-0.05, 0) is 25.0 Å². The molecule has 7 heteroatoms. The van der Waals surface area contributed by atoms with E-state index in [1.54, 1.807) is 11.8 Å². The van der Waals surface area contributed by atoms with Crippen LogP contribution in [-0.4, -0.2) is 47.1 Å². The number of aliphatic carboxylic acids is 1. The van der Waals surface area contributed by atoms with Gasteiger partial charge in [-0.3, -0.25) is 9.59 Å². The summed E-state index contributed by atoms with van der Waals surface area (Å²) in [6.45, 7) is 0. The van der Waals surface area contributed by atoms with Gasteiger partial charge in [0.25, 0.3) is 0 Å². The largest absolute Gasteiger partial charge is 0.480 e. The van der Waals surface area contributed by atoms with Crippen LogP contribution in [0, 0.1) is 0 Å². The summed E-state index contributed by atoms with van der Waals surface area (Å²) in [5, 5.41) is 11.4. The van der Waals surface area contributed by atoms with Gasteiger partial charge in [0.2, 0.25) is 5.91 Å². The minimum Gasteiger partial charge on any atom is -0.480 e. The van der Waals surface area contributed by atoms with Crippen LogP contribution in [0.2, 0.25) is 0 Å². The Kier molecular flexibility index (Phi) is 6.69. The van der Waals surface area contributed by atoms with E-state index in [1.165, 1.54) is 7.11 Å². The average molecular weight is 289 g/mol. The summed E-state index contributed by atoms with van der Waals surface area (Å²) in [4.78, 5) is 34.0. The minimum absolute atomic E-state index is 0.0223. The summed E-state index contributed by atoms with van der Waals surface area (Å²) in [6, 6.07) is -1.03. The van der Waals surface area contributed by atoms with Crippen LogP contribution in [0.15, 0.2) is 0 Å². The van der Waals surface area contributed by atoms with E-state index in [-0.39, 0.29) is 24.0 Å². The van der Waals surface area contributed by atoms with Gasteiger partial charge in [-0.2, -0.15) is 0 Å². The highest BCUT2D eigenvalue weighted by Gasteiger charge is 2.27. The molecule has 0 aliphatic carbocycles. The van der Waals surface area contributed by atoms with Gasteiger partial charge in [0, 0.05) is 6.42 Å². The predicted octanol–water partition coefficient (Wildman–Crippen LogP) is 0.795. The first-order chi connectivity index (χ1) is 9.04. The molecule has 1 heterocycles. The number of carbonyl (C=O) groups is 3. The summed E-state index contributed by atoms with van der Waals surface area (Å²) < 4.78 is 4.45. The SMILES string of the molecule is COC(=O)CC[C@@H](NC(=O)C1CCCCS1)C(=O)O. The zero-order chi connectivity index (χ0) is 14.3. The van der Waals surface area contributed by atoms with Gasteiger partial charge in [0.05, 0.1) is 12.4 Å². The molecule has 0 radical (unpaired) electrons. The van der Waals surface area contributed by atoms with E-state index in [0.717, 1.165) is 25.0 Å². The fraction of sp³-hybridized carbons (Fsp3) is 0.750. The number of nitrogens with one attached hydrogen (secondary N) is 1. The standard InChI is InChI=1S/C12H19NO5S/c1-18-10(14)6-5-8(12(16)17)13-11(15)9-4-2-3-7-19-9/h8-9H,2-7H2,1H3,(H,13,15)(H,16,17)/t8-,9?/m1/s1. The molecule has 1 fully saturated rings. The topological polar surface area (TPSA) is 92.7 Å². The second-order valence-corrected chi connectivity index (χ2v) is 5.68. The molecule has 0 aromatic heterocycles. The van der Waals surface area contributed by atoms with Crippen molar-refractivity contribution < 1.29 is 24.2 Å². The smallest absolute Gasteiger partial charge is 0.326 e. The van der Waals surface area contributed by atoms with Gasteiger partial charge >= 0.3 is 11.9 Å². The first-order valence-corrected chi connectivity index (χ1v) is 7.31. The van der Waals surface area contributed by atoms with Gasteiger partial charge in [0.1, 0.15) is 6.04 Å². The average Bonchev–Trinajstić information content (AvgIpc) is 2.43. The van der Waals surface area contributed by atoms with Crippen LogP contribution >= 0.6 is 11.8 Å². The fourth-order valence-electron chi connectivity index (χ4n) is 1.83. The highest BCUT2D eigenvalue weighted by atomic mass is 32.2. The predicted molar refractivity (Wildman–Crippen MR) is 70.9 cm³/mol. The van der Waals surface area contributed by atoms with Gasteiger partial charge in [-0.25, -0.2) is 4.79 Å². The fourth-order valence-corrected chi connectivity index (χ4v) is 3.04. The highest BCUT2D eigenvalue weighted by molar-refractivity contribution is 8.00. The summed E-state index contributed by atoms with van der Waals surface area (Å²) in [5.41, 5.74) is 0. The van der Waals surface area contributed by atoms with E-state index in [0.29, 0.717) is 0 Å². The Balaban J connectivity index is 2.45. The maximum atomic E-state index is 11.9. The molecule has 0 bridgehead atoms. The van der Waals surface area contributed by atoms with Crippen LogP contribution in [-0.2, 0) is 19.1 Å². The van der Waals surface area contributed by atoms with Crippen molar-refractivity contribution in [2.75, 3.05) is 12.9 Å². The Morgan fingerprint density at radius 2 is 2.16 bits per heavy atom. The quantitative estimate of drug-likeness (QED) is 0.702. The minimum atomic E-state index is -1.13. The number of carboxylic acid groups (broad SMARTS) is 1. The number of ether oxygens (including phenoxy) is 1. The van der Waals surface area contributed by atoms with E-state index in [2.05, 4.69) is 10.1 Å². The molecule has 108 valence electrons. The van der Waals surface area contributed by atoms with Crippen molar-refractivity contribution >= 4 is 29.6 Å². The number of thioether (sulfide) groups is 1. The normalized spacial score (nSPS) is 20.4. The number of esters is 1.